The van der Waals surface area contributed by atoms with Gasteiger partial charge in [0.15, 0.2) is 6.10 Å². The Bertz CT molecular complexity index is 193. The zero-order chi connectivity index (χ0) is 9.07. The average Bonchev–Trinajstić information content (AvgIpc) is 1.80. The molecule has 0 unspecified atom stereocenters. The molecule has 0 aliphatic rings. The minimum Gasteiger partial charge on any atom is -0.479 e. The van der Waals surface area contributed by atoms with Gasteiger partial charge in [0.1, 0.15) is 0 Å². The Morgan fingerprint density at radius 2 is 1.64 bits per heavy atom. The van der Waals surface area contributed by atoms with Gasteiger partial charge in [0.05, 0.1) is 6.61 Å². The van der Waals surface area contributed by atoms with Crippen molar-refractivity contribution in [3.63, 3.8) is 0 Å². The number of aliphatic carboxylic acids is 1. The Balaban J connectivity index is -0.000000167. The van der Waals surface area contributed by atoms with Crippen LogP contribution in [0.3, 0.4) is 0 Å². The molecule has 4 N–H and O–H groups in total. The Labute approximate surface area is 147 Å². The molecule has 0 amide bonds. The van der Waals surface area contributed by atoms with Gasteiger partial charge in [-0.3, -0.25) is 4.52 Å². The maximum atomic E-state index is 10.0. The molecule has 69 valence electrons. The summed E-state index contributed by atoms with van der Waals surface area (Å²) < 4.78 is 13.7. The summed E-state index contributed by atoms with van der Waals surface area (Å²) in [5.74, 6) is -1.63. The van der Waals surface area contributed by atoms with Crippen molar-refractivity contribution in [1.29, 1.82) is 0 Å². The molecule has 0 saturated carbocycles. The molecule has 7 nitrogen and oxygen atoms in total. The van der Waals surface area contributed by atoms with E-state index in [9.17, 15) is 9.36 Å². The molecule has 0 aromatic heterocycles. The number of phosphoric ester groups is 1. The standard InChI is InChI=1S/C3H7O7P.3Na/c4-1-2(3(5)6)10-11(7,8)9;;;/h2,4H,1H2,(H,5,6)(H2,7,8,9);;;/t2-;;;/m1.../s1. The first kappa shape index (κ1) is 25.4. The second-order valence-corrected chi connectivity index (χ2v) is 2.80. The quantitative estimate of drug-likeness (QED) is 0.320. The van der Waals surface area contributed by atoms with Gasteiger partial charge in [-0.2, -0.15) is 0 Å². The van der Waals surface area contributed by atoms with E-state index in [0.717, 1.165) is 0 Å². The van der Waals surface area contributed by atoms with Crippen LogP contribution in [-0.4, -0.2) is 127 Å². The van der Waals surface area contributed by atoms with Gasteiger partial charge >= 0.3 is 13.8 Å². The van der Waals surface area contributed by atoms with Crippen molar-refractivity contribution in [2.75, 3.05) is 6.61 Å². The Morgan fingerprint density at radius 1 is 1.29 bits per heavy atom. The van der Waals surface area contributed by atoms with Crippen LogP contribution in [0.25, 0.3) is 0 Å². The number of carboxylic acids is 1. The maximum Gasteiger partial charge on any atom is 0.470 e. The third-order valence-electron chi connectivity index (χ3n) is 0.706. The van der Waals surface area contributed by atoms with Crippen LogP contribution in [0.1, 0.15) is 0 Å². The number of carboxylic acid groups (broad SMARTS) is 1. The van der Waals surface area contributed by atoms with Crippen molar-refractivity contribution in [3.8, 4) is 0 Å². The van der Waals surface area contributed by atoms with Crippen LogP contribution < -0.4 is 0 Å². The number of phosphoric acid groups is 1. The van der Waals surface area contributed by atoms with Crippen molar-refractivity contribution in [2.45, 2.75) is 6.10 Å². The van der Waals surface area contributed by atoms with Crippen LogP contribution in [0.2, 0.25) is 0 Å². The van der Waals surface area contributed by atoms with Crippen LogP contribution in [0.15, 0.2) is 0 Å². The SMILES string of the molecule is O=C(O)[C@@H](CO)OP(=O)(O)O.[Na].[Na].[Na]. The summed E-state index contributed by atoms with van der Waals surface area (Å²) in [7, 11) is -4.83. The van der Waals surface area contributed by atoms with Gasteiger partial charge in [0.25, 0.3) is 0 Å². The number of aliphatic hydroxyl groups is 1. The zero-order valence-corrected chi connectivity index (χ0v) is 15.1. The number of carbonyl (C=O) groups is 1. The smallest absolute Gasteiger partial charge is 0.470 e. The summed E-state index contributed by atoms with van der Waals surface area (Å²) in [5.41, 5.74) is 0. The Hall–Kier alpha value is 2.54. The van der Waals surface area contributed by atoms with Gasteiger partial charge in [0.2, 0.25) is 0 Å². The number of hydrogen-bond donors (Lipinski definition) is 4. The molecule has 0 saturated heterocycles. The Morgan fingerprint density at radius 3 is 1.71 bits per heavy atom. The normalized spacial score (nSPS) is 11.4. The molecule has 1 atom stereocenters. The van der Waals surface area contributed by atoms with Crippen molar-refractivity contribution >= 4 is 102 Å². The molecular formula is C3H7Na3O7P. The number of hydrogen-bond acceptors (Lipinski definition) is 4. The van der Waals surface area contributed by atoms with E-state index in [-0.39, 0.29) is 88.7 Å². The van der Waals surface area contributed by atoms with E-state index in [2.05, 4.69) is 4.52 Å². The largest absolute Gasteiger partial charge is 0.479 e. The summed E-state index contributed by atoms with van der Waals surface area (Å²) in [4.78, 5) is 26.1. The van der Waals surface area contributed by atoms with E-state index in [1.165, 1.54) is 0 Å². The van der Waals surface area contributed by atoms with Crippen LogP contribution in [-0.2, 0) is 13.9 Å². The minimum absolute atomic E-state index is 0. The van der Waals surface area contributed by atoms with Crippen molar-refractivity contribution < 1.29 is 33.9 Å². The predicted octanol–water partition coefficient (Wildman–Crippen LogP) is -2.60. The first-order valence-corrected chi connectivity index (χ1v) is 3.97. The molecular weight excluding hydrogens is 248 g/mol. The second-order valence-electron chi connectivity index (χ2n) is 1.61. The third-order valence-corrected chi connectivity index (χ3v) is 1.23. The molecule has 0 aliphatic carbocycles. The van der Waals surface area contributed by atoms with Crippen molar-refractivity contribution in [2.24, 2.45) is 0 Å². The summed E-state index contributed by atoms with van der Waals surface area (Å²) in [6, 6.07) is 0. The van der Waals surface area contributed by atoms with E-state index < -0.39 is 26.5 Å². The number of aliphatic hydroxyl groups excluding tert-OH is 1. The summed E-state index contributed by atoms with van der Waals surface area (Å²) in [6.45, 7) is -0.986. The Kier molecular flexibility index (Phi) is 21.8. The van der Waals surface area contributed by atoms with Crippen LogP contribution in [0, 0.1) is 0 Å². The molecule has 0 aliphatic heterocycles. The molecule has 0 bridgehead atoms. The van der Waals surface area contributed by atoms with Crippen LogP contribution >= 0.6 is 7.82 Å². The third kappa shape index (κ3) is 14.5. The van der Waals surface area contributed by atoms with E-state index in [4.69, 9.17) is 20.0 Å². The molecule has 0 spiro atoms. The summed E-state index contributed by atoms with van der Waals surface area (Å²) >= 11 is 0. The topological polar surface area (TPSA) is 124 Å². The number of rotatable bonds is 4. The van der Waals surface area contributed by atoms with E-state index in [0.29, 0.717) is 0 Å². The molecule has 0 heterocycles. The van der Waals surface area contributed by atoms with E-state index >= 15 is 0 Å². The predicted molar refractivity (Wildman–Crippen MR) is 48.9 cm³/mol. The molecule has 0 aromatic rings. The van der Waals surface area contributed by atoms with Crippen molar-refractivity contribution in [1.82, 2.24) is 0 Å². The van der Waals surface area contributed by atoms with Crippen LogP contribution in [0.5, 0.6) is 0 Å². The monoisotopic (exact) mass is 255 g/mol. The van der Waals surface area contributed by atoms with Gasteiger partial charge in [0, 0.05) is 88.7 Å². The van der Waals surface area contributed by atoms with Gasteiger partial charge in [-0.25, -0.2) is 9.36 Å². The molecule has 0 rings (SSSR count). The summed E-state index contributed by atoms with van der Waals surface area (Å²) in [5, 5.41) is 16.3. The van der Waals surface area contributed by atoms with E-state index in [1.807, 2.05) is 0 Å². The van der Waals surface area contributed by atoms with Crippen LogP contribution in [0.4, 0.5) is 0 Å². The fourth-order valence-electron chi connectivity index (χ4n) is 0.322. The fourth-order valence-corrected chi connectivity index (χ4v) is 0.811. The maximum absolute atomic E-state index is 10.0. The molecule has 14 heavy (non-hydrogen) atoms. The molecule has 0 aromatic carbocycles. The van der Waals surface area contributed by atoms with Gasteiger partial charge in [-0.15, -0.1) is 0 Å². The second kappa shape index (κ2) is 12.0. The first-order valence-electron chi connectivity index (χ1n) is 2.44. The van der Waals surface area contributed by atoms with E-state index in [1.54, 1.807) is 0 Å². The zero-order valence-electron chi connectivity index (χ0n) is 8.25. The molecule has 11 heteroatoms. The van der Waals surface area contributed by atoms with Crippen molar-refractivity contribution in [3.05, 3.63) is 0 Å². The average molecular weight is 255 g/mol. The van der Waals surface area contributed by atoms with Gasteiger partial charge < -0.3 is 20.0 Å². The minimum atomic E-state index is -4.83. The van der Waals surface area contributed by atoms with Gasteiger partial charge in [-0.05, 0) is 0 Å². The first-order chi connectivity index (χ1) is 4.87. The summed E-state index contributed by atoms with van der Waals surface area (Å²) in [6.07, 6.45) is -1.88. The molecule has 0 fully saturated rings. The molecule has 3 radical (unpaired) electrons. The van der Waals surface area contributed by atoms with Gasteiger partial charge in [-0.1, -0.05) is 0 Å². The fraction of sp³-hybridized carbons (Fsp3) is 0.667.